The molecule has 0 bridgehead atoms. The summed E-state index contributed by atoms with van der Waals surface area (Å²) < 4.78 is 11.8. The number of nitrogens with zero attached hydrogens (tertiary/aromatic N) is 1. The predicted molar refractivity (Wildman–Crippen MR) is 125 cm³/mol. The van der Waals surface area contributed by atoms with Gasteiger partial charge in [-0.2, -0.15) is 0 Å². The summed E-state index contributed by atoms with van der Waals surface area (Å²) in [6.45, 7) is 6.70. The molecule has 7 heteroatoms. The van der Waals surface area contributed by atoms with Gasteiger partial charge in [-0.15, -0.1) is 0 Å². The van der Waals surface area contributed by atoms with Crippen molar-refractivity contribution in [2.24, 2.45) is 5.92 Å². The number of rotatable bonds is 11. The average molecular weight is 491 g/mol. The fourth-order valence-electron chi connectivity index (χ4n) is 3.03. The van der Waals surface area contributed by atoms with Gasteiger partial charge in [-0.1, -0.05) is 48.8 Å². The molecule has 0 aliphatic carbocycles. The molecule has 2 aromatic carbocycles. The number of carbonyl (C=O) groups is 2. The lowest BCUT2D eigenvalue weighted by atomic mass is 10.1. The summed E-state index contributed by atoms with van der Waals surface area (Å²) in [7, 11) is 1.61. The summed E-state index contributed by atoms with van der Waals surface area (Å²) >= 11 is 3.38. The maximum absolute atomic E-state index is 13.1. The molecule has 1 atom stereocenters. The third kappa shape index (κ3) is 7.90. The molecule has 0 unspecified atom stereocenters. The molecule has 0 aliphatic rings. The van der Waals surface area contributed by atoms with Crippen LogP contribution in [0.3, 0.4) is 0 Å². The summed E-state index contributed by atoms with van der Waals surface area (Å²) in [6, 6.07) is 14.2. The van der Waals surface area contributed by atoms with Gasteiger partial charge in [0.15, 0.2) is 6.61 Å². The number of halogens is 1. The van der Waals surface area contributed by atoms with E-state index in [0.29, 0.717) is 31.2 Å². The van der Waals surface area contributed by atoms with Gasteiger partial charge in [0.2, 0.25) is 5.91 Å². The average Bonchev–Trinajstić information content (AvgIpc) is 2.77. The fraction of sp³-hybridized carbons (Fsp3) is 0.417. The lowest BCUT2D eigenvalue weighted by Crippen LogP contribution is -2.50. The van der Waals surface area contributed by atoms with E-state index >= 15 is 0 Å². The number of benzene rings is 2. The Morgan fingerprint density at radius 1 is 1.03 bits per heavy atom. The van der Waals surface area contributed by atoms with Crippen molar-refractivity contribution in [1.82, 2.24) is 10.2 Å². The van der Waals surface area contributed by atoms with Gasteiger partial charge < -0.3 is 19.7 Å². The van der Waals surface area contributed by atoms with E-state index in [1.54, 1.807) is 24.1 Å². The molecule has 2 aromatic rings. The summed E-state index contributed by atoms with van der Waals surface area (Å²) in [5, 5.41) is 2.95. The highest BCUT2D eigenvalue weighted by molar-refractivity contribution is 9.10. The quantitative estimate of drug-likeness (QED) is 0.506. The SMILES string of the molecule is CC[C@@H](C(=O)NCC(C)C)N(Cc1ccc(OC)cc1)C(=O)COc1ccc(Br)cc1. The van der Waals surface area contributed by atoms with E-state index < -0.39 is 6.04 Å². The van der Waals surface area contributed by atoms with Crippen LogP contribution in [0.1, 0.15) is 32.8 Å². The first-order valence-corrected chi connectivity index (χ1v) is 11.2. The molecule has 0 saturated carbocycles. The largest absolute Gasteiger partial charge is 0.497 e. The fourth-order valence-corrected chi connectivity index (χ4v) is 3.29. The number of carbonyl (C=O) groups excluding carboxylic acids is 2. The van der Waals surface area contributed by atoms with E-state index in [0.717, 1.165) is 15.8 Å². The first kappa shape index (κ1) is 24.7. The molecular formula is C24H31BrN2O4. The van der Waals surface area contributed by atoms with Crippen LogP contribution < -0.4 is 14.8 Å². The maximum atomic E-state index is 13.1. The maximum Gasteiger partial charge on any atom is 0.261 e. The molecular weight excluding hydrogens is 460 g/mol. The molecule has 2 rings (SSSR count). The minimum atomic E-state index is -0.582. The van der Waals surface area contributed by atoms with Crippen molar-refractivity contribution in [1.29, 1.82) is 0 Å². The minimum Gasteiger partial charge on any atom is -0.497 e. The smallest absolute Gasteiger partial charge is 0.261 e. The first-order valence-electron chi connectivity index (χ1n) is 10.4. The van der Waals surface area contributed by atoms with Gasteiger partial charge in [0.05, 0.1) is 7.11 Å². The Bertz CT molecular complexity index is 838. The predicted octanol–water partition coefficient (Wildman–Crippen LogP) is 4.42. The van der Waals surface area contributed by atoms with Crippen molar-refractivity contribution in [2.75, 3.05) is 20.3 Å². The lowest BCUT2D eigenvalue weighted by molar-refractivity contribution is -0.143. The van der Waals surface area contributed by atoms with Gasteiger partial charge in [-0.05, 0) is 54.3 Å². The highest BCUT2D eigenvalue weighted by atomic mass is 79.9. The molecule has 0 radical (unpaired) electrons. The Morgan fingerprint density at radius 3 is 2.19 bits per heavy atom. The number of hydrogen-bond donors (Lipinski definition) is 1. The molecule has 0 fully saturated rings. The summed E-state index contributed by atoms with van der Waals surface area (Å²) in [4.78, 5) is 27.6. The van der Waals surface area contributed by atoms with E-state index in [1.807, 2.05) is 57.2 Å². The van der Waals surface area contributed by atoms with E-state index in [1.165, 1.54) is 0 Å². The van der Waals surface area contributed by atoms with Crippen molar-refractivity contribution in [3.8, 4) is 11.5 Å². The Kier molecular flexibility index (Phi) is 9.85. The molecule has 168 valence electrons. The number of ether oxygens (including phenoxy) is 2. The lowest BCUT2D eigenvalue weighted by Gasteiger charge is -2.31. The molecule has 0 saturated heterocycles. The van der Waals surface area contributed by atoms with Gasteiger partial charge in [0, 0.05) is 17.6 Å². The van der Waals surface area contributed by atoms with Crippen LogP contribution in [-0.2, 0) is 16.1 Å². The Hall–Kier alpha value is -2.54. The van der Waals surface area contributed by atoms with Gasteiger partial charge in [0.25, 0.3) is 5.91 Å². The zero-order valence-corrected chi connectivity index (χ0v) is 20.1. The molecule has 0 spiro atoms. The summed E-state index contributed by atoms with van der Waals surface area (Å²) in [5.41, 5.74) is 0.910. The van der Waals surface area contributed by atoms with E-state index in [9.17, 15) is 9.59 Å². The monoisotopic (exact) mass is 490 g/mol. The topological polar surface area (TPSA) is 67.9 Å². The van der Waals surface area contributed by atoms with Crippen LogP contribution in [0.2, 0.25) is 0 Å². The van der Waals surface area contributed by atoms with Gasteiger partial charge in [-0.3, -0.25) is 9.59 Å². The molecule has 0 aromatic heterocycles. The van der Waals surface area contributed by atoms with Crippen molar-refractivity contribution >= 4 is 27.7 Å². The van der Waals surface area contributed by atoms with Crippen molar-refractivity contribution in [3.63, 3.8) is 0 Å². The van der Waals surface area contributed by atoms with Crippen molar-refractivity contribution < 1.29 is 19.1 Å². The Labute approximate surface area is 193 Å². The Balaban J connectivity index is 2.18. The van der Waals surface area contributed by atoms with Crippen LogP contribution in [0.4, 0.5) is 0 Å². The van der Waals surface area contributed by atoms with Crippen LogP contribution in [-0.4, -0.2) is 43.0 Å². The number of nitrogens with one attached hydrogen (secondary N) is 1. The molecule has 6 nitrogen and oxygen atoms in total. The van der Waals surface area contributed by atoms with Crippen LogP contribution in [0.5, 0.6) is 11.5 Å². The third-order valence-electron chi connectivity index (χ3n) is 4.76. The second-order valence-corrected chi connectivity index (χ2v) is 8.59. The Morgan fingerprint density at radius 2 is 1.65 bits per heavy atom. The van der Waals surface area contributed by atoms with Crippen LogP contribution in [0.15, 0.2) is 53.0 Å². The van der Waals surface area contributed by atoms with Crippen molar-refractivity contribution in [3.05, 3.63) is 58.6 Å². The second kappa shape index (κ2) is 12.3. The zero-order chi connectivity index (χ0) is 22.8. The molecule has 31 heavy (non-hydrogen) atoms. The third-order valence-corrected chi connectivity index (χ3v) is 5.29. The van der Waals surface area contributed by atoms with Crippen molar-refractivity contribution in [2.45, 2.75) is 39.8 Å². The van der Waals surface area contributed by atoms with Gasteiger partial charge >= 0.3 is 0 Å². The van der Waals surface area contributed by atoms with E-state index in [4.69, 9.17) is 9.47 Å². The zero-order valence-electron chi connectivity index (χ0n) is 18.6. The molecule has 2 amide bonds. The van der Waals surface area contributed by atoms with Gasteiger partial charge in [-0.25, -0.2) is 0 Å². The minimum absolute atomic E-state index is 0.147. The normalized spacial score (nSPS) is 11.7. The van der Waals surface area contributed by atoms with E-state index in [-0.39, 0.29) is 18.4 Å². The number of hydrogen-bond acceptors (Lipinski definition) is 4. The highest BCUT2D eigenvalue weighted by Crippen LogP contribution is 2.18. The van der Waals surface area contributed by atoms with E-state index in [2.05, 4.69) is 21.2 Å². The van der Waals surface area contributed by atoms with Gasteiger partial charge in [0.1, 0.15) is 17.5 Å². The summed E-state index contributed by atoms with van der Waals surface area (Å²) in [5.74, 6) is 1.26. The summed E-state index contributed by atoms with van der Waals surface area (Å²) in [6.07, 6.45) is 0.504. The number of amides is 2. The number of methoxy groups -OCH3 is 1. The van der Waals surface area contributed by atoms with Crippen LogP contribution in [0.25, 0.3) is 0 Å². The molecule has 0 heterocycles. The standard InChI is InChI=1S/C24H31BrN2O4/c1-5-22(24(29)26-14-17(2)3)27(15-18-6-10-20(30-4)11-7-18)23(28)16-31-21-12-8-19(25)9-13-21/h6-13,17,22H,5,14-16H2,1-4H3,(H,26,29)/t22-/m0/s1. The van der Waals surface area contributed by atoms with Crippen LogP contribution in [0, 0.1) is 5.92 Å². The molecule has 1 N–H and O–H groups in total. The first-order chi connectivity index (χ1) is 14.8. The molecule has 0 aliphatic heterocycles. The highest BCUT2D eigenvalue weighted by Gasteiger charge is 2.29. The second-order valence-electron chi connectivity index (χ2n) is 7.68. The van der Waals surface area contributed by atoms with Crippen LogP contribution >= 0.6 is 15.9 Å².